The van der Waals surface area contributed by atoms with Crippen molar-refractivity contribution in [2.75, 3.05) is 20.2 Å². The number of nitrogens with zero attached hydrogens (tertiary/aromatic N) is 1. The molecule has 2 aromatic carbocycles. The molecule has 3 saturated heterocycles. The van der Waals surface area contributed by atoms with Crippen LogP contribution in [0.4, 0.5) is 0 Å². The molecule has 182 valence electrons. The number of rotatable bonds is 6. The Kier molecular flexibility index (Phi) is 7.95. The van der Waals surface area contributed by atoms with E-state index in [1.165, 1.54) is 12.5 Å². The van der Waals surface area contributed by atoms with Gasteiger partial charge in [-0.05, 0) is 55.0 Å². The number of carbonyl (C=O) groups is 1. The first-order valence-electron chi connectivity index (χ1n) is 12.0. The number of hydrogen-bond acceptors (Lipinski definition) is 5. The molecule has 0 spiro atoms. The second-order valence-corrected chi connectivity index (χ2v) is 9.10. The van der Waals surface area contributed by atoms with Crippen molar-refractivity contribution in [3.8, 4) is 5.75 Å². The highest BCUT2D eigenvalue weighted by Gasteiger charge is 2.42. The fraction of sp³-hybridized carbons (Fsp3) is 0.310. The molecule has 0 saturated carbocycles. The van der Waals surface area contributed by atoms with Crippen molar-refractivity contribution < 1.29 is 24.7 Å². The average Bonchev–Trinajstić information content (AvgIpc) is 2.92. The third kappa shape index (κ3) is 5.78. The van der Waals surface area contributed by atoms with E-state index in [1.807, 2.05) is 60.8 Å². The summed E-state index contributed by atoms with van der Waals surface area (Å²) in [6.45, 7) is 6.09. The van der Waals surface area contributed by atoms with Gasteiger partial charge < -0.3 is 19.7 Å². The van der Waals surface area contributed by atoms with E-state index < -0.39 is 12.1 Å². The molecule has 0 amide bonds. The lowest BCUT2D eigenvalue weighted by atomic mass is 9.73. The summed E-state index contributed by atoms with van der Waals surface area (Å²) in [7, 11) is 1.67. The maximum atomic E-state index is 11.2. The van der Waals surface area contributed by atoms with Crippen LogP contribution in [0.1, 0.15) is 30.1 Å². The van der Waals surface area contributed by atoms with Gasteiger partial charge in [-0.2, -0.15) is 0 Å². The molecule has 4 heterocycles. The van der Waals surface area contributed by atoms with Crippen LogP contribution in [0.3, 0.4) is 0 Å². The zero-order chi connectivity index (χ0) is 24.8. The number of aliphatic hydroxyl groups is 1. The summed E-state index contributed by atoms with van der Waals surface area (Å²) in [5.74, 6) is 0.868. The van der Waals surface area contributed by atoms with E-state index in [0.29, 0.717) is 11.8 Å². The van der Waals surface area contributed by atoms with Crippen molar-refractivity contribution in [1.82, 2.24) is 4.90 Å². The van der Waals surface area contributed by atoms with Crippen LogP contribution >= 0.6 is 0 Å². The molecule has 2 bridgehead atoms. The molecule has 5 unspecified atom stereocenters. The normalized spacial score (nSPS) is 23.9. The average molecular weight is 473 g/mol. The number of aromatic nitrogens is 1. The van der Waals surface area contributed by atoms with Crippen molar-refractivity contribution >= 4 is 22.9 Å². The number of carboxylic acids is 1. The zero-order valence-corrected chi connectivity index (χ0v) is 20.0. The minimum atomic E-state index is -1.17. The number of methoxy groups -OCH3 is 1. The molecule has 3 aromatic rings. The molecule has 3 aliphatic rings. The minimum Gasteiger partial charge on any atom is -0.545 e. The first-order valence-corrected chi connectivity index (χ1v) is 12.0. The van der Waals surface area contributed by atoms with Gasteiger partial charge in [-0.15, -0.1) is 6.58 Å². The Morgan fingerprint density at radius 3 is 2.71 bits per heavy atom. The number of hydrogen-bond donors (Lipinski definition) is 1. The summed E-state index contributed by atoms with van der Waals surface area (Å²) in [6, 6.07) is 17.3. The smallest absolute Gasteiger partial charge is 0.211 e. The Bertz CT molecular complexity index is 1190. The van der Waals surface area contributed by atoms with Gasteiger partial charge in [0.05, 0.1) is 24.6 Å². The fourth-order valence-electron chi connectivity index (χ4n) is 5.23. The summed E-state index contributed by atoms with van der Waals surface area (Å²) in [6.07, 6.45) is 8.29. The van der Waals surface area contributed by atoms with Crippen LogP contribution in [0.15, 0.2) is 79.5 Å². The fourth-order valence-corrected chi connectivity index (χ4v) is 5.23. The number of piperidine rings is 3. The van der Waals surface area contributed by atoms with E-state index in [0.717, 1.165) is 53.4 Å². The number of H-pyrrole nitrogens is 1. The van der Waals surface area contributed by atoms with Crippen LogP contribution in [0.2, 0.25) is 0 Å². The largest absolute Gasteiger partial charge is 0.545 e. The number of carboxylic acid groups (broad SMARTS) is 1. The molecule has 6 rings (SSSR count). The van der Waals surface area contributed by atoms with Gasteiger partial charge in [0.25, 0.3) is 0 Å². The molecule has 3 aliphatic heterocycles. The van der Waals surface area contributed by atoms with E-state index in [4.69, 9.17) is 4.74 Å². The topological polar surface area (TPSA) is 87.0 Å². The van der Waals surface area contributed by atoms with Gasteiger partial charge >= 0.3 is 0 Å². The lowest BCUT2D eigenvalue weighted by Crippen LogP contribution is -2.54. The Hall–Kier alpha value is -3.48. The van der Waals surface area contributed by atoms with Gasteiger partial charge in [0.1, 0.15) is 5.75 Å². The molecule has 3 fully saturated rings. The summed E-state index contributed by atoms with van der Waals surface area (Å²) in [5, 5.41) is 22.2. The standard InChI is InChI=1S/C20H24N2O2.C9H8O2/c1-3-13-12-22-9-7-14(13)10-19(22)20(23)16-6-8-21-18-5-4-15(24-2)11-17(16)18;10-9(11)7-6-8-4-2-1-3-5-8/h3-6,8,11,13-14,19-20,23H,1,7,9-10,12H2,2H3;1-7H,(H,10,11)/b;7-6+. The van der Waals surface area contributed by atoms with E-state index >= 15 is 0 Å². The van der Waals surface area contributed by atoms with E-state index in [2.05, 4.69) is 22.5 Å². The Labute approximate surface area is 206 Å². The summed E-state index contributed by atoms with van der Waals surface area (Å²) in [4.78, 5) is 15.7. The molecule has 6 heteroatoms. The number of benzene rings is 2. The van der Waals surface area contributed by atoms with Crippen LogP contribution in [-0.2, 0) is 4.79 Å². The van der Waals surface area contributed by atoms with E-state index in [9.17, 15) is 15.0 Å². The molecule has 6 nitrogen and oxygen atoms in total. The SMILES string of the molecule is C=CC1CN2CCC1CC2C(O)c1cc[nH+]c2ccc(OC)cc12.O=C([O-])/C=C/c1ccccc1. The van der Waals surface area contributed by atoms with Crippen LogP contribution in [0.5, 0.6) is 5.75 Å². The summed E-state index contributed by atoms with van der Waals surface area (Å²) >= 11 is 0. The van der Waals surface area contributed by atoms with E-state index in [-0.39, 0.29) is 6.04 Å². The van der Waals surface area contributed by atoms with Gasteiger partial charge in [-0.25, -0.2) is 4.98 Å². The number of pyridine rings is 1. The van der Waals surface area contributed by atoms with Gasteiger partial charge in [0.15, 0.2) is 6.20 Å². The predicted octanol–water partition coefficient (Wildman–Crippen LogP) is 3.04. The number of aromatic amines is 1. The second kappa shape index (κ2) is 11.3. The number of fused-ring (bicyclic) bond motifs is 4. The first-order chi connectivity index (χ1) is 17.0. The van der Waals surface area contributed by atoms with Crippen LogP contribution < -0.4 is 14.8 Å². The first kappa shape index (κ1) is 24.6. The Morgan fingerprint density at radius 2 is 2.06 bits per heavy atom. The predicted molar refractivity (Wildman–Crippen MR) is 134 cm³/mol. The summed E-state index contributed by atoms with van der Waals surface area (Å²) in [5.41, 5.74) is 2.86. The number of ether oxygens (including phenoxy) is 1. The van der Waals surface area contributed by atoms with Crippen LogP contribution in [-0.4, -0.2) is 42.2 Å². The molecule has 2 N–H and O–H groups in total. The maximum Gasteiger partial charge on any atom is 0.211 e. The Balaban J connectivity index is 0.000000221. The van der Waals surface area contributed by atoms with Crippen molar-refractivity contribution in [3.05, 3.63) is 90.7 Å². The quantitative estimate of drug-likeness (QED) is 0.440. The molecule has 1 aromatic heterocycles. The van der Waals surface area contributed by atoms with Crippen molar-refractivity contribution in [2.45, 2.75) is 25.0 Å². The molecular formula is C29H32N2O4. The molecule has 0 radical (unpaired) electrons. The summed E-state index contributed by atoms with van der Waals surface area (Å²) < 4.78 is 5.36. The highest BCUT2D eigenvalue weighted by molar-refractivity contribution is 5.83. The molecule has 0 aliphatic carbocycles. The van der Waals surface area contributed by atoms with Gasteiger partial charge in [0, 0.05) is 30.3 Å². The lowest BCUT2D eigenvalue weighted by Gasteiger charge is -2.50. The van der Waals surface area contributed by atoms with Crippen molar-refractivity contribution in [2.24, 2.45) is 11.8 Å². The van der Waals surface area contributed by atoms with Gasteiger partial charge in [-0.1, -0.05) is 42.5 Å². The van der Waals surface area contributed by atoms with Gasteiger partial charge in [-0.3, -0.25) is 4.90 Å². The third-order valence-electron chi connectivity index (χ3n) is 7.09. The Morgan fingerprint density at radius 1 is 1.26 bits per heavy atom. The highest BCUT2D eigenvalue weighted by atomic mass is 16.5. The minimum absolute atomic E-state index is 0.191. The van der Waals surface area contributed by atoms with Gasteiger partial charge in [0.2, 0.25) is 5.52 Å². The highest BCUT2D eigenvalue weighted by Crippen LogP contribution is 2.42. The second-order valence-electron chi connectivity index (χ2n) is 9.10. The lowest BCUT2D eigenvalue weighted by molar-refractivity contribution is -0.344. The maximum absolute atomic E-state index is 11.2. The number of aliphatic hydroxyl groups excluding tert-OH is 1. The number of carbonyl (C=O) groups excluding carboxylic acids is 1. The number of nitrogens with one attached hydrogen (secondary N) is 1. The molecule has 35 heavy (non-hydrogen) atoms. The van der Waals surface area contributed by atoms with Crippen molar-refractivity contribution in [1.29, 1.82) is 0 Å². The molecule has 5 atom stereocenters. The van der Waals surface area contributed by atoms with Crippen molar-refractivity contribution in [3.63, 3.8) is 0 Å². The van der Waals surface area contributed by atoms with E-state index in [1.54, 1.807) is 7.11 Å². The monoisotopic (exact) mass is 472 g/mol. The third-order valence-corrected chi connectivity index (χ3v) is 7.09. The number of aliphatic carboxylic acids is 1. The molecular weight excluding hydrogens is 440 g/mol. The van der Waals surface area contributed by atoms with Crippen LogP contribution in [0.25, 0.3) is 17.0 Å². The van der Waals surface area contributed by atoms with Crippen LogP contribution in [0, 0.1) is 11.8 Å². The zero-order valence-electron chi connectivity index (χ0n) is 20.0.